The SMILES string of the molecule is CC(C)c1ccccc1NC(=O)C(=O)N(C)C1CCCCC1. The van der Waals surface area contributed by atoms with Gasteiger partial charge in [-0.2, -0.15) is 0 Å². The fourth-order valence-corrected chi connectivity index (χ4v) is 3.08. The van der Waals surface area contributed by atoms with Crippen LogP contribution in [-0.4, -0.2) is 29.8 Å². The van der Waals surface area contributed by atoms with Crippen molar-refractivity contribution in [3.05, 3.63) is 29.8 Å². The summed E-state index contributed by atoms with van der Waals surface area (Å²) in [5.74, 6) is -0.686. The number of carbonyl (C=O) groups excluding carboxylic acids is 2. The zero-order valence-electron chi connectivity index (χ0n) is 13.8. The third kappa shape index (κ3) is 3.87. The van der Waals surface area contributed by atoms with E-state index in [1.54, 1.807) is 11.9 Å². The van der Waals surface area contributed by atoms with Gasteiger partial charge in [-0.1, -0.05) is 51.3 Å². The minimum absolute atomic E-state index is 0.201. The molecule has 0 atom stereocenters. The minimum atomic E-state index is -0.541. The van der Waals surface area contributed by atoms with Crippen LogP contribution < -0.4 is 5.32 Å². The fraction of sp³-hybridized carbons (Fsp3) is 0.556. The summed E-state index contributed by atoms with van der Waals surface area (Å²) >= 11 is 0. The highest BCUT2D eigenvalue weighted by Gasteiger charge is 2.27. The number of nitrogens with zero attached hydrogens (tertiary/aromatic N) is 1. The van der Waals surface area contributed by atoms with Crippen LogP contribution >= 0.6 is 0 Å². The minimum Gasteiger partial charge on any atom is -0.335 e. The van der Waals surface area contributed by atoms with Gasteiger partial charge in [0, 0.05) is 18.8 Å². The summed E-state index contributed by atoms with van der Waals surface area (Å²) in [6, 6.07) is 7.85. The largest absolute Gasteiger partial charge is 0.335 e. The molecule has 1 aromatic rings. The van der Waals surface area contributed by atoms with Gasteiger partial charge in [0.25, 0.3) is 0 Å². The molecule has 22 heavy (non-hydrogen) atoms. The van der Waals surface area contributed by atoms with Gasteiger partial charge in [0.05, 0.1) is 0 Å². The number of para-hydroxylation sites is 1. The lowest BCUT2D eigenvalue weighted by Gasteiger charge is -2.30. The predicted octanol–water partition coefficient (Wildman–Crippen LogP) is 3.54. The van der Waals surface area contributed by atoms with Crippen LogP contribution in [0.4, 0.5) is 5.69 Å². The second-order valence-electron chi connectivity index (χ2n) is 6.40. The van der Waals surface area contributed by atoms with Crippen molar-refractivity contribution < 1.29 is 9.59 Å². The van der Waals surface area contributed by atoms with Crippen molar-refractivity contribution in [3.63, 3.8) is 0 Å². The van der Waals surface area contributed by atoms with Gasteiger partial charge in [-0.25, -0.2) is 0 Å². The van der Waals surface area contributed by atoms with E-state index in [1.807, 2.05) is 24.3 Å². The first-order chi connectivity index (χ1) is 10.5. The lowest BCUT2D eigenvalue weighted by Crippen LogP contribution is -2.44. The fourth-order valence-electron chi connectivity index (χ4n) is 3.08. The molecule has 4 heteroatoms. The van der Waals surface area contributed by atoms with E-state index in [2.05, 4.69) is 19.2 Å². The van der Waals surface area contributed by atoms with Gasteiger partial charge in [0.1, 0.15) is 0 Å². The molecular formula is C18H26N2O2. The Balaban J connectivity index is 2.03. The van der Waals surface area contributed by atoms with E-state index >= 15 is 0 Å². The van der Waals surface area contributed by atoms with Crippen molar-refractivity contribution in [2.24, 2.45) is 0 Å². The van der Waals surface area contributed by atoms with E-state index in [4.69, 9.17) is 0 Å². The molecular weight excluding hydrogens is 276 g/mol. The van der Waals surface area contributed by atoms with Gasteiger partial charge in [0.15, 0.2) is 0 Å². The first-order valence-corrected chi connectivity index (χ1v) is 8.17. The standard InChI is InChI=1S/C18H26N2O2/c1-13(2)15-11-7-8-12-16(15)19-17(21)18(22)20(3)14-9-5-4-6-10-14/h7-8,11-14H,4-6,9-10H2,1-3H3,(H,19,21). The van der Waals surface area contributed by atoms with Gasteiger partial charge in [-0.05, 0) is 30.4 Å². The quantitative estimate of drug-likeness (QED) is 0.868. The number of likely N-dealkylation sites (N-methyl/N-ethyl adjacent to an activating group) is 1. The molecule has 1 saturated carbocycles. The van der Waals surface area contributed by atoms with E-state index < -0.39 is 11.8 Å². The number of anilines is 1. The Hall–Kier alpha value is -1.84. The zero-order chi connectivity index (χ0) is 16.1. The highest BCUT2D eigenvalue weighted by atomic mass is 16.2. The molecule has 120 valence electrons. The second-order valence-corrected chi connectivity index (χ2v) is 6.40. The summed E-state index contributed by atoms with van der Waals surface area (Å²) < 4.78 is 0. The molecule has 1 N–H and O–H groups in total. The normalized spacial score (nSPS) is 15.6. The number of carbonyl (C=O) groups is 2. The number of rotatable bonds is 3. The molecule has 0 saturated heterocycles. The molecule has 0 heterocycles. The van der Waals surface area contributed by atoms with Crippen molar-refractivity contribution in [2.75, 3.05) is 12.4 Å². The number of hydrogen-bond acceptors (Lipinski definition) is 2. The number of hydrogen-bond donors (Lipinski definition) is 1. The summed E-state index contributed by atoms with van der Waals surface area (Å²) in [5.41, 5.74) is 1.77. The van der Waals surface area contributed by atoms with Crippen molar-refractivity contribution in [2.45, 2.75) is 57.9 Å². The molecule has 0 unspecified atom stereocenters. The average Bonchev–Trinajstić information content (AvgIpc) is 2.54. The third-order valence-electron chi connectivity index (χ3n) is 4.47. The number of benzene rings is 1. The topological polar surface area (TPSA) is 49.4 Å². The molecule has 1 aliphatic carbocycles. The monoisotopic (exact) mass is 302 g/mol. The Morgan fingerprint density at radius 3 is 2.41 bits per heavy atom. The molecule has 2 rings (SSSR count). The summed E-state index contributed by atoms with van der Waals surface area (Å²) in [5, 5.41) is 2.78. The van der Waals surface area contributed by atoms with Gasteiger partial charge < -0.3 is 10.2 Å². The van der Waals surface area contributed by atoms with Crippen molar-refractivity contribution in [1.82, 2.24) is 4.90 Å². The van der Waals surface area contributed by atoms with Crippen LogP contribution in [0.1, 0.15) is 57.4 Å². The van der Waals surface area contributed by atoms with Crippen molar-refractivity contribution in [3.8, 4) is 0 Å². The second kappa shape index (κ2) is 7.43. The Labute approximate surface area is 132 Å². The van der Waals surface area contributed by atoms with Crippen LogP contribution in [0.5, 0.6) is 0 Å². The van der Waals surface area contributed by atoms with Crippen LogP contribution in [-0.2, 0) is 9.59 Å². The van der Waals surface area contributed by atoms with E-state index in [0.29, 0.717) is 5.92 Å². The Morgan fingerprint density at radius 2 is 1.77 bits per heavy atom. The van der Waals surface area contributed by atoms with Gasteiger partial charge in [-0.15, -0.1) is 0 Å². The Bertz CT molecular complexity index is 534. The first-order valence-electron chi connectivity index (χ1n) is 8.17. The van der Waals surface area contributed by atoms with Gasteiger partial charge in [-0.3, -0.25) is 9.59 Å². The van der Waals surface area contributed by atoms with E-state index in [-0.39, 0.29) is 6.04 Å². The summed E-state index contributed by atoms with van der Waals surface area (Å²) in [4.78, 5) is 26.2. The van der Waals surface area contributed by atoms with Crippen LogP contribution in [0.25, 0.3) is 0 Å². The summed E-state index contributed by atoms with van der Waals surface area (Å²) in [6.45, 7) is 4.14. The maximum atomic E-state index is 12.3. The van der Waals surface area contributed by atoms with Crippen LogP contribution in [0, 0.1) is 0 Å². The molecule has 1 aliphatic rings. The molecule has 0 aromatic heterocycles. The first kappa shape index (κ1) is 16.5. The van der Waals surface area contributed by atoms with Crippen molar-refractivity contribution >= 4 is 17.5 Å². The Morgan fingerprint density at radius 1 is 1.14 bits per heavy atom. The van der Waals surface area contributed by atoms with E-state index in [1.165, 1.54) is 6.42 Å². The smallest absolute Gasteiger partial charge is 0.313 e. The highest BCUT2D eigenvalue weighted by molar-refractivity contribution is 6.39. The molecule has 0 radical (unpaired) electrons. The van der Waals surface area contributed by atoms with Gasteiger partial charge >= 0.3 is 11.8 Å². The molecule has 1 fully saturated rings. The van der Waals surface area contributed by atoms with E-state index in [0.717, 1.165) is 36.9 Å². The molecule has 1 aromatic carbocycles. The molecule has 2 amide bonds. The molecule has 0 bridgehead atoms. The lowest BCUT2D eigenvalue weighted by molar-refractivity contribution is -0.144. The molecule has 4 nitrogen and oxygen atoms in total. The summed E-state index contributed by atoms with van der Waals surface area (Å²) in [7, 11) is 1.74. The number of nitrogens with one attached hydrogen (secondary N) is 1. The predicted molar refractivity (Wildman–Crippen MR) is 88.8 cm³/mol. The molecule has 0 aliphatic heterocycles. The number of amides is 2. The highest BCUT2D eigenvalue weighted by Crippen LogP contribution is 2.24. The van der Waals surface area contributed by atoms with Crippen LogP contribution in [0.15, 0.2) is 24.3 Å². The molecule has 0 spiro atoms. The van der Waals surface area contributed by atoms with Gasteiger partial charge in [0.2, 0.25) is 0 Å². The van der Waals surface area contributed by atoms with Crippen LogP contribution in [0.2, 0.25) is 0 Å². The van der Waals surface area contributed by atoms with Crippen LogP contribution in [0.3, 0.4) is 0 Å². The zero-order valence-corrected chi connectivity index (χ0v) is 13.8. The lowest BCUT2D eigenvalue weighted by atomic mass is 9.94. The maximum absolute atomic E-state index is 12.3. The Kier molecular flexibility index (Phi) is 5.58. The third-order valence-corrected chi connectivity index (χ3v) is 4.47. The summed E-state index contributed by atoms with van der Waals surface area (Å²) in [6.07, 6.45) is 5.50. The van der Waals surface area contributed by atoms with Crippen molar-refractivity contribution in [1.29, 1.82) is 0 Å². The maximum Gasteiger partial charge on any atom is 0.313 e. The average molecular weight is 302 g/mol. The van der Waals surface area contributed by atoms with E-state index in [9.17, 15) is 9.59 Å².